The van der Waals surface area contributed by atoms with E-state index in [1.165, 1.54) is 0 Å². The molecule has 0 radical (unpaired) electrons. The summed E-state index contributed by atoms with van der Waals surface area (Å²) in [6.45, 7) is 3.18. The van der Waals surface area contributed by atoms with Gasteiger partial charge >= 0.3 is 0 Å². The fourth-order valence-corrected chi connectivity index (χ4v) is 1.01. The standard InChI is InChI=1S/C10H16N2O2/c1-8-9(11)4-5-10(12-8)14-7-3-6-13-2/h4-5H,3,6-7,11H2,1-2H3. The van der Waals surface area contributed by atoms with Gasteiger partial charge < -0.3 is 15.2 Å². The summed E-state index contributed by atoms with van der Waals surface area (Å²) in [6, 6.07) is 3.57. The lowest BCUT2D eigenvalue weighted by atomic mass is 10.3. The SMILES string of the molecule is COCCCOc1ccc(N)c(C)n1. The molecule has 0 saturated heterocycles. The molecule has 0 fully saturated rings. The Labute approximate surface area is 84.0 Å². The van der Waals surface area contributed by atoms with E-state index in [0.717, 1.165) is 12.1 Å². The predicted molar refractivity (Wildman–Crippen MR) is 55.4 cm³/mol. The zero-order valence-electron chi connectivity index (χ0n) is 8.62. The van der Waals surface area contributed by atoms with E-state index in [9.17, 15) is 0 Å². The molecule has 0 amide bonds. The summed E-state index contributed by atoms with van der Waals surface area (Å²) >= 11 is 0. The van der Waals surface area contributed by atoms with Gasteiger partial charge in [-0.05, 0) is 13.0 Å². The predicted octanol–water partition coefficient (Wildman–Crippen LogP) is 1.39. The van der Waals surface area contributed by atoms with Gasteiger partial charge in [-0.15, -0.1) is 0 Å². The molecule has 0 aliphatic carbocycles. The normalized spacial score (nSPS) is 10.1. The number of ether oxygens (including phenoxy) is 2. The van der Waals surface area contributed by atoms with Crippen LogP contribution in [0.5, 0.6) is 5.88 Å². The van der Waals surface area contributed by atoms with Gasteiger partial charge in [0.1, 0.15) is 0 Å². The van der Waals surface area contributed by atoms with Crippen molar-refractivity contribution >= 4 is 5.69 Å². The first kappa shape index (κ1) is 10.8. The van der Waals surface area contributed by atoms with Gasteiger partial charge in [-0.3, -0.25) is 0 Å². The Morgan fingerprint density at radius 2 is 2.14 bits per heavy atom. The zero-order valence-corrected chi connectivity index (χ0v) is 8.62. The first-order chi connectivity index (χ1) is 6.74. The van der Waals surface area contributed by atoms with E-state index in [-0.39, 0.29) is 0 Å². The summed E-state index contributed by atoms with van der Waals surface area (Å²) in [5.41, 5.74) is 7.12. The summed E-state index contributed by atoms with van der Waals surface area (Å²) in [5, 5.41) is 0. The number of nitrogens with two attached hydrogens (primary N) is 1. The van der Waals surface area contributed by atoms with Gasteiger partial charge in [0.15, 0.2) is 0 Å². The number of hydrogen-bond acceptors (Lipinski definition) is 4. The molecule has 1 aromatic rings. The third kappa shape index (κ3) is 3.22. The number of hydrogen-bond donors (Lipinski definition) is 1. The maximum absolute atomic E-state index is 5.63. The number of anilines is 1. The van der Waals surface area contributed by atoms with E-state index in [1.807, 2.05) is 6.92 Å². The molecule has 2 N–H and O–H groups in total. The van der Waals surface area contributed by atoms with Gasteiger partial charge in [-0.2, -0.15) is 0 Å². The second kappa shape index (κ2) is 5.44. The van der Waals surface area contributed by atoms with Crippen LogP contribution in [0.4, 0.5) is 5.69 Å². The van der Waals surface area contributed by atoms with Crippen LogP contribution in [0.2, 0.25) is 0 Å². The van der Waals surface area contributed by atoms with Crippen molar-refractivity contribution in [1.82, 2.24) is 4.98 Å². The Kier molecular flexibility index (Phi) is 4.19. The fourth-order valence-electron chi connectivity index (χ4n) is 1.01. The van der Waals surface area contributed by atoms with Crippen molar-refractivity contribution < 1.29 is 9.47 Å². The summed E-state index contributed by atoms with van der Waals surface area (Å²) in [4.78, 5) is 4.18. The van der Waals surface area contributed by atoms with Crippen molar-refractivity contribution in [3.8, 4) is 5.88 Å². The molecule has 0 bridgehead atoms. The second-order valence-corrected chi connectivity index (χ2v) is 3.02. The molecule has 0 aromatic carbocycles. The van der Waals surface area contributed by atoms with Gasteiger partial charge in [0.05, 0.1) is 18.0 Å². The van der Waals surface area contributed by atoms with Crippen LogP contribution < -0.4 is 10.5 Å². The molecule has 0 spiro atoms. The van der Waals surface area contributed by atoms with Crippen LogP contribution in [0.3, 0.4) is 0 Å². The van der Waals surface area contributed by atoms with Gasteiger partial charge in [0, 0.05) is 26.2 Å². The van der Waals surface area contributed by atoms with Gasteiger partial charge in [-0.1, -0.05) is 0 Å². The monoisotopic (exact) mass is 196 g/mol. The lowest BCUT2D eigenvalue weighted by Gasteiger charge is -2.06. The third-order valence-electron chi connectivity index (χ3n) is 1.84. The van der Waals surface area contributed by atoms with Crippen molar-refractivity contribution in [2.45, 2.75) is 13.3 Å². The number of rotatable bonds is 5. The molecule has 0 unspecified atom stereocenters. The van der Waals surface area contributed by atoms with E-state index in [0.29, 0.717) is 24.8 Å². The topological polar surface area (TPSA) is 57.4 Å². The smallest absolute Gasteiger partial charge is 0.213 e. The number of nitrogen functional groups attached to an aromatic ring is 1. The van der Waals surface area contributed by atoms with E-state index >= 15 is 0 Å². The van der Waals surface area contributed by atoms with Crippen molar-refractivity contribution in [2.75, 3.05) is 26.1 Å². The number of methoxy groups -OCH3 is 1. The molecule has 78 valence electrons. The van der Waals surface area contributed by atoms with E-state index < -0.39 is 0 Å². The minimum Gasteiger partial charge on any atom is -0.478 e. The molecule has 4 heteroatoms. The molecule has 1 rings (SSSR count). The minimum atomic E-state index is 0.615. The zero-order chi connectivity index (χ0) is 10.4. The highest BCUT2D eigenvalue weighted by Crippen LogP contribution is 2.13. The Balaban J connectivity index is 2.39. The number of aryl methyl sites for hydroxylation is 1. The summed E-state index contributed by atoms with van der Waals surface area (Å²) in [6.07, 6.45) is 0.863. The Morgan fingerprint density at radius 1 is 1.36 bits per heavy atom. The molecular formula is C10H16N2O2. The highest BCUT2D eigenvalue weighted by molar-refractivity contribution is 5.43. The van der Waals surface area contributed by atoms with Crippen molar-refractivity contribution in [3.63, 3.8) is 0 Å². The van der Waals surface area contributed by atoms with E-state index in [4.69, 9.17) is 15.2 Å². The maximum Gasteiger partial charge on any atom is 0.213 e. The van der Waals surface area contributed by atoms with Crippen molar-refractivity contribution in [2.24, 2.45) is 0 Å². The average Bonchev–Trinajstić information content (AvgIpc) is 2.18. The van der Waals surface area contributed by atoms with E-state index in [2.05, 4.69) is 4.98 Å². The summed E-state index contributed by atoms with van der Waals surface area (Å²) in [5.74, 6) is 0.618. The first-order valence-corrected chi connectivity index (χ1v) is 4.59. The van der Waals surface area contributed by atoms with Crippen LogP contribution in [0.25, 0.3) is 0 Å². The Bertz CT molecular complexity index is 289. The molecule has 0 atom stereocenters. The minimum absolute atomic E-state index is 0.615. The maximum atomic E-state index is 5.63. The molecular weight excluding hydrogens is 180 g/mol. The Morgan fingerprint density at radius 3 is 2.79 bits per heavy atom. The molecule has 1 aromatic heterocycles. The second-order valence-electron chi connectivity index (χ2n) is 3.02. The van der Waals surface area contributed by atoms with Crippen LogP contribution in [0, 0.1) is 6.92 Å². The van der Waals surface area contributed by atoms with Crippen molar-refractivity contribution in [3.05, 3.63) is 17.8 Å². The van der Waals surface area contributed by atoms with Crippen LogP contribution >= 0.6 is 0 Å². The highest BCUT2D eigenvalue weighted by Gasteiger charge is 1.98. The van der Waals surface area contributed by atoms with Crippen molar-refractivity contribution in [1.29, 1.82) is 0 Å². The Hall–Kier alpha value is -1.29. The third-order valence-corrected chi connectivity index (χ3v) is 1.84. The molecule has 0 aliphatic rings. The largest absolute Gasteiger partial charge is 0.478 e. The first-order valence-electron chi connectivity index (χ1n) is 4.59. The van der Waals surface area contributed by atoms with Gasteiger partial charge in [0.2, 0.25) is 5.88 Å². The number of nitrogens with zero attached hydrogens (tertiary/aromatic N) is 1. The van der Waals surface area contributed by atoms with Crippen LogP contribution in [0.1, 0.15) is 12.1 Å². The quantitative estimate of drug-likeness (QED) is 0.723. The highest BCUT2D eigenvalue weighted by atomic mass is 16.5. The fraction of sp³-hybridized carbons (Fsp3) is 0.500. The van der Waals surface area contributed by atoms with Gasteiger partial charge in [-0.25, -0.2) is 4.98 Å². The van der Waals surface area contributed by atoms with E-state index in [1.54, 1.807) is 19.2 Å². The van der Waals surface area contributed by atoms with Crippen LogP contribution in [-0.4, -0.2) is 25.3 Å². The summed E-state index contributed by atoms with van der Waals surface area (Å²) in [7, 11) is 1.67. The number of aromatic nitrogens is 1. The van der Waals surface area contributed by atoms with Gasteiger partial charge in [0.25, 0.3) is 0 Å². The van der Waals surface area contributed by atoms with Crippen LogP contribution in [-0.2, 0) is 4.74 Å². The lowest BCUT2D eigenvalue weighted by Crippen LogP contribution is -2.03. The molecule has 4 nitrogen and oxygen atoms in total. The lowest BCUT2D eigenvalue weighted by molar-refractivity contribution is 0.170. The van der Waals surface area contributed by atoms with Crippen LogP contribution in [0.15, 0.2) is 12.1 Å². The molecule has 1 heterocycles. The molecule has 14 heavy (non-hydrogen) atoms. The molecule has 0 aliphatic heterocycles. The average molecular weight is 196 g/mol. The summed E-state index contributed by atoms with van der Waals surface area (Å²) < 4.78 is 10.3. The molecule has 0 saturated carbocycles. The number of pyridine rings is 1.